The quantitative estimate of drug-likeness (QED) is 0.849. The molecule has 2 aromatic carbocycles. The minimum atomic E-state index is -1.33. The molecule has 0 heterocycles. The minimum absolute atomic E-state index is 0.360. The summed E-state index contributed by atoms with van der Waals surface area (Å²) in [4.78, 5) is 11.8. The summed E-state index contributed by atoms with van der Waals surface area (Å²) in [5.41, 5.74) is 5.77. The number of hydrogen-bond acceptors (Lipinski definition) is 2. The zero-order valence-corrected chi connectivity index (χ0v) is 10.2. The summed E-state index contributed by atoms with van der Waals surface area (Å²) < 4.78 is 39.2. The van der Waals surface area contributed by atoms with E-state index < -0.39 is 35.1 Å². The average molecular weight is 280 g/mol. The van der Waals surface area contributed by atoms with Crippen LogP contribution in [0, 0.1) is 17.5 Å². The van der Waals surface area contributed by atoms with Crippen LogP contribution in [0.15, 0.2) is 42.5 Å². The fourth-order valence-corrected chi connectivity index (χ4v) is 1.64. The lowest BCUT2D eigenvalue weighted by molar-refractivity contribution is -0.117. The van der Waals surface area contributed by atoms with Crippen molar-refractivity contribution in [2.45, 2.75) is 6.04 Å². The molecule has 1 amide bonds. The normalized spacial score (nSPS) is 12.0. The lowest BCUT2D eigenvalue weighted by Crippen LogP contribution is -2.28. The zero-order chi connectivity index (χ0) is 14.7. The Bertz CT molecular complexity index is 632. The van der Waals surface area contributed by atoms with Gasteiger partial charge in [-0.2, -0.15) is 0 Å². The second-order valence-electron chi connectivity index (χ2n) is 4.12. The third-order valence-corrected chi connectivity index (χ3v) is 2.71. The van der Waals surface area contributed by atoms with Crippen molar-refractivity contribution >= 4 is 11.6 Å². The van der Waals surface area contributed by atoms with Crippen LogP contribution in [0.4, 0.5) is 18.9 Å². The van der Waals surface area contributed by atoms with Crippen molar-refractivity contribution < 1.29 is 18.0 Å². The van der Waals surface area contributed by atoms with Gasteiger partial charge in [0.1, 0.15) is 11.9 Å². The summed E-state index contributed by atoms with van der Waals surface area (Å²) in [7, 11) is 0. The Labute approximate surface area is 113 Å². The molecule has 0 spiro atoms. The van der Waals surface area contributed by atoms with Crippen LogP contribution in [0.25, 0.3) is 0 Å². The molecule has 0 aliphatic heterocycles. The van der Waals surface area contributed by atoms with E-state index in [4.69, 9.17) is 5.73 Å². The van der Waals surface area contributed by atoms with Crippen molar-refractivity contribution in [1.29, 1.82) is 0 Å². The zero-order valence-electron chi connectivity index (χ0n) is 10.2. The fourth-order valence-electron chi connectivity index (χ4n) is 1.64. The van der Waals surface area contributed by atoms with Crippen molar-refractivity contribution in [2.24, 2.45) is 5.73 Å². The number of hydrogen-bond donors (Lipinski definition) is 2. The van der Waals surface area contributed by atoms with Crippen molar-refractivity contribution in [3.63, 3.8) is 0 Å². The van der Waals surface area contributed by atoms with E-state index in [0.29, 0.717) is 17.7 Å². The SMILES string of the molecule is NC(C(=O)Nc1cc(F)c(F)cc1F)c1ccccc1. The van der Waals surface area contributed by atoms with Crippen LogP contribution in [0.3, 0.4) is 0 Å². The molecule has 104 valence electrons. The highest BCUT2D eigenvalue weighted by Crippen LogP contribution is 2.20. The van der Waals surface area contributed by atoms with Gasteiger partial charge in [-0.25, -0.2) is 13.2 Å². The first-order valence-corrected chi connectivity index (χ1v) is 5.75. The predicted molar refractivity (Wildman–Crippen MR) is 68.3 cm³/mol. The maximum atomic E-state index is 13.4. The number of nitrogens with two attached hydrogens (primary N) is 1. The number of anilines is 1. The molecule has 0 saturated heterocycles. The topological polar surface area (TPSA) is 55.1 Å². The maximum Gasteiger partial charge on any atom is 0.245 e. The molecule has 2 aromatic rings. The van der Waals surface area contributed by atoms with Crippen LogP contribution in [0.2, 0.25) is 0 Å². The van der Waals surface area contributed by atoms with E-state index in [1.54, 1.807) is 30.3 Å². The summed E-state index contributed by atoms with van der Waals surface area (Å²) in [5.74, 6) is -4.37. The molecule has 0 aliphatic rings. The van der Waals surface area contributed by atoms with E-state index in [9.17, 15) is 18.0 Å². The summed E-state index contributed by atoms with van der Waals surface area (Å²) in [6.45, 7) is 0. The number of amides is 1. The van der Waals surface area contributed by atoms with Gasteiger partial charge in [-0.05, 0) is 5.56 Å². The molecule has 2 rings (SSSR count). The highest BCUT2D eigenvalue weighted by Gasteiger charge is 2.18. The summed E-state index contributed by atoms with van der Waals surface area (Å²) in [6, 6.07) is 8.30. The Hall–Kier alpha value is -2.34. The van der Waals surface area contributed by atoms with Gasteiger partial charge in [-0.3, -0.25) is 4.79 Å². The number of carbonyl (C=O) groups is 1. The van der Waals surface area contributed by atoms with Crippen LogP contribution in [0.1, 0.15) is 11.6 Å². The highest BCUT2D eigenvalue weighted by atomic mass is 19.2. The Morgan fingerprint density at radius 2 is 1.60 bits per heavy atom. The van der Waals surface area contributed by atoms with E-state index in [2.05, 4.69) is 5.32 Å². The van der Waals surface area contributed by atoms with Crippen LogP contribution < -0.4 is 11.1 Å². The van der Waals surface area contributed by atoms with Crippen LogP contribution in [-0.4, -0.2) is 5.91 Å². The molecule has 0 radical (unpaired) electrons. The lowest BCUT2D eigenvalue weighted by Gasteiger charge is -2.13. The summed E-state index contributed by atoms with van der Waals surface area (Å²) in [6.07, 6.45) is 0. The van der Waals surface area contributed by atoms with E-state index in [1.165, 1.54) is 0 Å². The fraction of sp³-hybridized carbons (Fsp3) is 0.0714. The molecule has 3 N–H and O–H groups in total. The Morgan fingerprint density at radius 3 is 2.25 bits per heavy atom. The number of nitrogens with one attached hydrogen (secondary N) is 1. The Kier molecular flexibility index (Phi) is 4.05. The molecule has 20 heavy (non-hydrogen) atoms. The van der Waals surface area contributed by atoms with E-state index >= 15 is 0 Å². The largest absolute Gasteiger partial charge is 0.322 e. The number of rotatable bonds is 3. The Balaban J connectivity index is 2.18. The van der Waals surface area contributed by atoms with E-state index in [0.717, 1.165) is 0 Å². The van der Waals surface area contributed by atoms with Gasteiger partial charge in [-0.15, -0.1) is 0 Å². The second kappa shape index (κ2) is 5.75. The molecule has 6 heteroatoms. The van der Waals surface area contributed by atoms with Crippen LogP contribution in [0.5, 0.6) is 0 Å². The van der Waals surface area contributed by atoms with Crippen LogP contribution >= 0.6 is 0 Å². The predicted octanol–water partition coefficient (Wildman–Crippen LogP) is 2.74. The third-order valence-electron chi connectivity index (χ3n) is 2.71. The van der Waals surface area contributed by atoms with Gasteiger partial charge >= 0.3 is 0 Å². The molecular formula is C14H11F3N2O. The van der Waals surface area contributed by atoms with Crippen LogP contribution in [-0.2, 0) is 4.79 Å². The summed E-state index contributed by atoms with van der Waals surface area (Å²) in [5, 5.41) is 2.13. The van der Waals surface area contributed by atoms with E-state index in [-0.39, 0.29) is 0 Å². The molecule has 0 fully saturated rings. The maximum absolute atomic E-state index is 13.4. The number of halogens is 3. The first-order valence-electron chi connectivity index (χ1n) is 5.75. The number of carbonyl (C=O) groups excluding carboxylic acids is 1. The lowest BCUT2D eigenvalue weighted by atomic mass is 10.1. The van der Waals surface area contributed by atoms with E-state index in [1.807, 2.05) is 0 Å². The second-order valence-corrected chi connectivity index (χ2v) is 4.12. The number of benzene rings is 2. The van der Waals surface area contributed by atoms with Crippen molar-refractivity contribution in [1.82, 2.24) is 0 Å². The first-order chi connectivity index (χ1) is 9.49. The van der Waals surface area contributed by atoms with Gasteiger partial charge in [0, 0.05) is 12.1 Å². The van der Waals surface area contributed by atoms with Crippen molar-refractivity contribution in [3.05, 3.63) is 65.5 Å². The van der Waals surface area contributed by atoms with Gasteiger partial charge < -0.3 is 11.1 Å². The first kappa shape index (κ1) is 14.1. The molecule has 1 atom stereocenters. The summed E-state index contributed by atoms with van der Waals surface area (Å²) >= 11 is 0. The van der Waals surface area contributed by atoms with Gasteiger partial charge in [0.05, 0.1) is 5.69 Å². The average Bonchev–Trinajstić information content (AvgIpc) is 2.44. The third kappa shape index (κ3) is 2.97. The smallest absolute Gasteiger partial charge is 0.245 e. The highest BCUT2D eigenvalue weighted by molar-refractivity contribution is 5.95. The minimum Gasteiger partial charge on any atom is -0.322 e. The van der Waals surface area contributed by atoms with Crippen molar-refractivity contribution in [2.75, 3.05) is 5.32 Å². The molecular weight excluding hydrogens is 269 g/mol. The Morgan fingerprint density at radius 1 is 1.00 bits per heavy atom. The van der Waals surface area contributed by atoms with Gasteiger partial charge in [-0.1, -0.05) is 30.3 Å². The molecule has 0 aliphatic carbocycles. The monoisotopic (exact) mass is 280 g/mol. The van der Waals surface area contributed by atoms with Gasteiger partial charge in [0.2, 0.25) is 5.91 Å². The standard InChI is InChI=1S/C14H11F3N2O/c15-9-6-11(17)12(7-10(9)16)19-14(20)13(18)8-4-2-1-3-5-8/h1-7,13H,18H2,(H,19,20). The van der Waals surface area contributed by atoms with Crippen molar-refractivity contribution in [3.8, 4) is 0 Å². The molecule has 0 bridgehead atoms. The molecule has 0 saturated carbocycles. The molecule has 0 aromatic heterocycles. The molecule has 3 nitrogen and oxygen atoms in total. The molecule has 1 unspecified atom stereocenters. The van der Waals surface area contributed by atoms with Gasteiger partial charge in [0.25, 0.3) is 0 Å². The van der Waals surface area contributed by atoms with Gasteiger partial charge in [0.15, 0.2) is 11.6 Å².